The maximum absolute atomic E-state index is 11.5. The van der Waals surface area contributed by atoms with Gasteiger partial charge in [-0.25, -0.2) is 4.79 Å². The summed E-state index contributed by atoms with van der Waals surface area (Å²) in [6, 6.07) is 4.13. The van der Waals surface area contributed by atoms with E-state index in [1.165, 1.54) is 19.2 Å². The Kier molecular flexibility index (Phi) is 3.51. The maximum Gasteiger partial charge on any atom is 0.328 e. The van der Waals surface area contributed by atoms with Crippen molar-refractivity contribution in [1.82, 2.24) is 0 Å². The Morgan fingerprint density at radius 3 is 2.83 bits per heavy atom. The fourth-order valence-corrected chi connectivity index (χ4v) is 2.37. The van der Waals surface area contributed by atoms with Gasteiger partial charge in [0.25, 0.3) is 5.69 Å². The number of carbonyl (C=O) groups excluding carboxylic acids is 1. The summed E-state index contributed by atoms with van der Waals surface area (Å²) in [5.74, 6) is -0.320. The van der Waals surface area contributed by atoms with E-state index < -0.39 is 4.92 Å². The third-order valence-electron chi connectivity index (χ3n) is 2.94. The Balaban J connectivity index is 2.30. The van der Waals surface area contributed by atoms with Gasteiger partial charge in [-0.15, -0.1) is 0 Å². The zero-order valence-corrected chi connectivity index (χ0v) is 11.2. The second kappa shape index (κ2) is 4.93. The molecule has 1 fully saturated rings. The summed E-state index contributed by atoms with van der Waals surface area (Å²) in [6.07, 6.45) is 0.696. The molecule has 1 aliphatic rings. The van der Waals surface area contributed by atoms with Gasteiger partial charge in [-0.05, 0) is 28.4 Å². The molecular weight excluding hydrogens is 304 g/mol. The van der Waals surface area contributed by atoms with E-state index in [1.54, 1.807) is 11.0 Å². The van der Waals surface area contributed by atoms with Gasteiger partial charge in [0.2, 0.25) is 0 Å². The minimum absolute atomic E-state index is 0.00344. The van der Waals surface area contributed by atoms with Crippen molar-refractivity contribution < 1.29 is 14.5 Å². The van der Waals surface area contributed by atoms with Gasteiger partial charge >= 0.3 is 5.97 Å². The van der Waals surface area contributed by atoms with Crippen molar-refractivity contribution in [2.24, 2.45) is 0 Å². The van der Waals surface area contributed by atoms with Crippen molar-refractivity contribution >= 4 is 33.3 Å². The topological polar surface area (TPSA) is 72.7 Å². The highest BCUT2D eigenvalue weighted by Gasteiger charge is 2.36. The summed E-state index contributed by atoms with van der Waals surface area (Å²) < 4.78 is 5.42. The molecule has 7 heteroatoms. The van der Waals surface area contributed by atoms with Crippen molar-refractivity contribution in [2.45, 2.75) is 12.5 Å². The number of anilines is 1. The van der Waals surface area contributed by atoms with Crippen LogP contribution in [-0.2, 0) is 9.53 Å². The van der Waals surface area contributed by atoms with Crippen molar-refractivity contribution in [1.29, 1.82) is 0 Å². The Hall–Kier alpha value is -1.63. The summed E-state index contributed by atoms with van der Waals surface area (Å²) in [5.41, 5.74) is 0.648. The van der Waals surface area contributed by atoms with Gasteiger partial charge in [0.05, 0.1) is 17.7 Å². The molecule has 0 saturated carbocycles. The molecule has 18 heavy (non-hydrogen) atoms. The first-order chi connectivity index (χ1) is 8.54. The number of esters is 1. The van der Waals surface area contributed by atoms with Crippen molar-refractivity contribution in [3.63, 3.8) is 0 Å². The number of non-ortho nitro benzene ring substituents is 1. The molecule has 1 unspecified atom stereocenters. The second-order valence-electron chi connectivity index (χ2n) is 3.91. The van der Waals surface area contributed by atoms with Crippen LogP contribution in [0, 0.1) is 10.1 Å². The van der Waals surface area contributed by atoms with E-state index in [9.17, 15) is 14.9 Å². The quantitative estimate of drug-likeness (QED) is 0.485. The molecule has 1 heterocycles. The Bertz CT molecular complexity index is 506. The average molecular weight is 315 g/mol. The van der Waals surface area contributed by atoms with E-state index in [0.717, 1.165) is 4.47 Å². The minimum atomic E-state index is -0.455. The zero-order valence-electron chi connectivity index (χ0n) is 9.63. The maximum atomic E-state index is 11.5. The van der Waals surface area contributed by atoms with E-state index in [4.69, 9.17) is 4.74 Å². The number of carbonyl (C=O) groups is 1. The van der Waals surface area contributed by atoms with Gasteiger partial charge in [0.15, 0.2) is 0 Å². The van der Waals surface area contributed by atoms with Gasteiger partial charge in [0.1, 0.15) is 6.04 Å². The highest BCUT2D eigenvalue weighted by atomic mass is 79.9. The lowest BCUT2D eigenvalue weighted by atomic mass is 10.0. The van der Waals surface area contributed by atoms with Crippen LogP contribution < -0.4 is 4.90 Å². The standard InChI is InChI=1S/C11H11BrN2O4/c1-18-11(15)9-4-5-13(9)10-6-7(14(16)17)2-3-8(10)12/h2-3,6,9H,4-5H2,1H3. The smallest absolute Gasteiger partial charge is 0.328 e. The molecule has 0 amide bonds. The van der Waals surface area contributed by atoms with E-state index >= 15 is 0 Å². The van der Waals surface area contributed by atoms with Crippen molar-refractivity contribution in [3.05, 3.63) is 32.8 Å². The number of nitro benzene ring substituents is 1. The molecule has 1 atom stereocenters. The predicted octanol–water partition coefficient (Wildman–Crippen LogP) is 2.11. The van der Waals surface area contributed by atoms with Crippen LogP contribution in [0.3, 0.4) is 0 Å². The molecule has 0 aromatic heterocycles. The van der Waals surface area contributed by atoms with Gasteiger partial charge in [-0.2, -0.15) is 0 Å². The highest BCUT2D eigenvalue weighted by Crippen LogP contribution is 2.35. The van der Waals surface area contributed by atoms with E-state index in [-0.39, 0.29) is 17.7 Å². The zero-order chi connectivity index (χ0) is 13.3. The number of rotatable bonds is 3. The lowest BCUT2D eigenvalue weighted by molar-refractivity contribution is -0.384. The predicted molar refractivity (Wildman–Crippen MR) is 68.6 cm³/mol. The molecule has 1 saturated heterocycles. The summed E-state index contributed by atoms with van der Waals surface area (Å²) in [4.78, 5) is 23.6. The molecule has 1 aromatic carbocycles. The number of nitro groups is 1. The summed E-state index contributed by atoms with van der Waals surface area (Å²) in [7, 11) is 1.33. The van der Waals surface area contributed by atoms with Crippen LogP contribution >= 0.6 is 15.9 Å². The number of nitrogens with zero attached hydrogens (tertiary/aromatic N) is 2. The van der Waals surface area contributed by atoms with E-state index in [1.807, 2.05) is 0 Å². The molecule has 0 radical (unpaired) electrons. The molecule has 1 aromatic rings. The monoisotopic (exact) mass is 314 g/mol. The Morgan fingerprint density at radius 1 is 1.61 bits per heavy atom. The van der Waals surface area contributed by atoms with Crippen molar-refractivity contribution in [3.8, 4) is 0 Å². The number of halogens is 1. The molecule has 6 nitrogen and oxygen atoms in total. The minimum Gasteiger partial charge on any atom is -0.467 e. The van der Waals surface area contributed by atoms with Crippen molar-refractivity contribution in [2.75, 3.05) is 18.6 Å². The molecule has 96 valence electrons. The van der Waals surface area contributed by atoms with E-state index in [2.05, 4.69) is 15.9 Å². The Labute approximate surface area is 112 Å². The van der Waals surface area contributed by atoms with Crippen LogP contribution in [0.1, 0.15) is 6.42 Å². The number of methoxy groups -OCH3 is 1. The highest BCUT2D eigenvalue weighted by molar-refractivity contribution is 9.10. The fourth-order valence-electron chi connectivity index (χ4n) is 1.89. The largest absolute Gasteiger partial charge is 0.467 e. The van der Waals surface area contributed by atoms with Crippen LogP contribution in [0.2, 0.25) is 0 Å². The first kappa shape index (κ1) is 12.8. The number of hydrogen-bond acceptors (Lipinski definition) is 5. The van der Waals surface area contributed by atoms with Crippen LogP contribution in [0.25, 0.3) is 0 Å². The lowest BCUT2D eigenvalue weighted by Crippen LogP contribution is -2.53. The molecule has 2 rings (SSSR count). The van der Waals surface area contributed by atoms with Gasteiger partial charge in [-0.3, -0.25) is 10.1 Å². The number of benzene rings is 1. The summed E-state index contributed by atoms with van der Waals surface area (Å²) in [6.45, 7) is 0.680. The number of hydrogen-bond donors (Lipinski definition) is 0. The first-order valence-corrected chi connectivity index (χ1v) is 6.12. The Morgan fingerprint density at radius 2 is 2.33 bits per heavy atom. The van der Waals surface area contributed by atoms with Crippen LogP contribution in [0.15, 0.2) is 22.7 Å². The van der Waals surface area contributed by atoms with Gasteiger partial charge in [-0.1, -0.05) is 0 Å². The third kappa shape index (κ3) is 2.17. The summed E-state index contributed by atoms with van der Waals surface area (Å²) in [5, 5.41) is 10.7. The molecular formula is C11H11BrN2O4. The molecule has 0 spiro atoms. The van der Waals surface area contributed by atoms with Crippen LogP contribution in [-0.4, -0.2) is 30.6 Å². The normalized spacial score (nSPS) is 18.1. The fraction of sp³-hybridized carbons (Fsp3) is 0.364. The van der Waals surface area contributed by atoms with Gasteiger partial charge < -0.3 is 9.64 Å². The van der Waals surface area contributed by atoms with Gasteiger partial charge in [0, 0.05) is 23.2 Å². The summed E-state index contributed by atoms with van der Waals surface area (Å²) >= 11 is 3.34. The van der Waals surface area contributed by atoms with Crippen LogP contribution in [0.5, 0.6) is 0 Å². The lowest BCUT2D eigenvalue weighted by Gasteiger charge is -2.41. The third-order valence-corrected chi connectivity index (χ3v) is 3.61. The second-order valence-corrected chi connectivity index (χ2v) is 4.77. The molecule has 1 aliphatic heterocycles. The average Bonchev–Trinajstić information content (AvgIpc) is 2.30. The SMILES string of the molecule is COC(=O)C1CCN1c1cc([N+](=O)[O-])ccc1Br. The van der Waals surface area contributed by atoms with Crippen LogP contribution in [0.4, 0.5) is 11.4 Å². The molecule has 0 bridgehead atoms. The first-order valence-electron chi connectivity index (χ1n) is 5.33. The molecule has 0 aliphatic carbocycles. The molecule has 0 N–H and O–H groups in total. The number of ether oxygens (including phenoxy) is 1. The van der Waals surface area contributed by atoms with E-state index in [0.29, 0.717) is 18.7 Å².